The van der Waals surface area contributed by atoms with Crippen LogP contribution in [0.4, 0.5) is 5.69 Å². The van der Waals surface area contributed by atoms with Gasteiger partial charge in [0.1, 0.15) is 0 Å². The summed E-state index contributed by atoms with van der Waals surface area (Å²) in [5.74, 6) is 1.59. The second-order valence-corrected chi connectivity index (χ2v) is 8.47. The lowest BCUT2D eigenvalue weighted by Gasteiger charge is -2.25. The minimum atomic E-state index is 0.247. The van der Waals surface area contributed by atoms with Gasteiger partial charge in [0.25, 0.3) is 5.89 Å². The van der Waals surface area contributed by atoms with Crippen LogP contribution in [0.2, 0.25) is 0 Å². The molecule has 8 nitrogen and oxygen atoms in total. The minimum absolute atomic E-state index is 0.247. The first-order valence-corrected chi connectivity index (χ1v) is 10.1. The van der Waals surface area contributed by atoms with Crippen LogP contribution < -0.4 is 5.32 Å². The number of hydrogen-bond acceptors (Lipinski definition) is 7. The third-order valence-corrected chi connectivity index (χ3v) is 6.02. The van der Waals surface area contributed by atoms with Crippen LogP contribution in [0.15, 0.2) is 16.8 Å². The molecule has 0 amide bonds. The van der Waals surface area contributed by atoms with E-state index in [-0.39, 0.29) is 5.41 Å². The number of rotatable bonds is 5. The predicted molar refractivity (Wildman–Crippen MR) is 105 cm³/mol. The van der Waals surface area contributed by atoms with Crippen molar-refractivity contribution in [1.82, 2.24) is 25.0 Å². The van der Waals surface area contributed by atoms with Crippen LogP contribution in [0.5, 0.6) is 0 Å². The van der Waals surface area contributed by atoms with Gasteiger partial charge in [-0.05, 0) is 31.6 Å². The largest absolute Gasteiger partial charge is 0.420 e. The van der Waals surface area contributed by atoms with Crippen molar-refractivity contribution in [2.45, 2.75) is 58.5 Å². The summed E-state index contributed by atoms with van der Waals surface area (Å²) in [5.41, 5.74) is 2.93. The van der Waals surface area contributed by atoms with Gasteiger partial charge in [-0.1, -0.05) is 13.8 Å². The molecule has 1 saturated carbocycles. The number of nitrogens with one attached hydrogen (secondary N) is 1. The zero-order chi connectivity index (χ0) is 19.3. The fourth-order valence-electron chi connectivity index (χ4n) is 3.99. The number of fused-ring (bicyclic) bond motifs is 1. The van der Waals surface area contributed by atoms with E-state index in [2.05, 4.69) is 46.4 Å². The molecule has 3 aromatic heterocycles. The van der Waals surface area contributed by atoms with Gasteiger partial charge in [0.15, 0.2) is 5.65 Å². The molecule has 0 spiro atoms. The maximum absolute atomic E-state index is 6.09. The number of aryl methyl sites for hydroxylation is 1. The third kappa shape index (κ3) is 2.96. The highest BCUT2D eigenvalue weighted by Crippen LogP contribution is 2.58. The van der Waals surface area contributed by atoms with Gasteiger partial charge in [-0.25, -0.2) is 9.67 Å². The van der Waals surface area contributed by atoms with Crippen molar-refractivity contribution < 1.29 is 9.15 Å². The van der Waals surface area contributed by atoms with E-state index in [1.54, 1.807) is 0 Å². The van der Waals surface area contributed by atoms with Gasteiger partial charge >= 0.3 is 0 Å². The second kappa shape index (κ2) is 6.55. The molecule has 1 unspecified atom stereocenters. The van der Waals surface area contributed by atoms with Crippen LogP contribution in [0.25, 0.3) is 22.5 Å². The molecule has 148 valence electrons. The Morgan fingerprint density at radius 1 is 1.21 bits per heavy atom. The molecule has 8 heteroatoms. The number of ether oxygens (including phenoxy) is 1. The summed E-state index contributed by atoms with van der Waals surface area (Å²) in [5, 5.41) is 17.8. The van der Waals surface area contributed by atoms with E-state index in [4.69, 9.17) is 9.15 Å². The van der Waals surface area contributed by atoms with Crippen LogP contribution in [-0.2, 0) is 11.3 Å². The highest BCUT2D eigenvalue weighted by Gasteiger charge is 2.50. The molecule has 4 heterocycles. The van der Waals surface area contributed by atoms with Gasteiger partial charge in [0.2, 0.25) is 5.89 Å². The quantitative estimate of drug-likeness (QED) is 0.721. The van der Waals surface area contributed by atoms with Crippen molar-refractivity contribution in [2.75, 3.05) is 18.5 Å². The van der Waals surface area contributed by atoms with Gasteiger partial charge in [0, 0.05) is 37.9 Å². The third-order valence-electron chi connectivity index (χ3n) is 6.02. The number of hydrogen-bond donors (Lipinski definition) is 1. The maximum Gasteiger partial charge on any atom is 0.251 e. The molecule has 3 aromatic rings. The fourth-order valence-corrected chi connectivity index (χ4v) is 3.99. The van der Waals surface area contributed by atoms with Gasteiger partial charge in [-0.3, -0.25) is 0 Å². The first kappa shape index (κ1) is 17.6. The summed E-state index contributed by atoms with van der Waals surface area (Å²) in [6.07, 6.45) is 6.72. The van der Waals surface area contributed by atoms with E-state index in [1.807, 2.05) is 17.1 Å². The molecule has 1 aliphatic heterocycles. The monoisotopic (exact) mass is 382 g/mol. The summed E-state index contributed by atoms with van der Waals surface area (Å²) >= 11 is 0. The Labute approximate surface area is 163 Å². The van der Waals surface area contributed by atoms with Crippen LogP contribution in [0.3, 0.4) is 0 Å². The van der Waals surface area contributed by atoms with Crippen LogP contribution in [0.1, 0.15) is 51.8 Å². The van der Waals surface area contributed by atoms with Crippen molar-refractivity contribution in [3.8, 4) is 11.5 Å². The van der Waals surface area contributed by atoms with E-state index in [9.17, 15) is 0 Å². The predicted octanol–water partition coefficient (Wildman–Crippen LogP) is 3.61. The van der Waals surface area contributed by atoms with Crippen LogP contribution in [-0.4, -0.2) is 44.2 Å². The molecule has 0 aromatic carbocycles. The van der Waals surface area contributed by atoms with Gasteiger partial charge in [-0.15, -0.1) is 10.2 Å². The van der Waals surface area contributed by atoms with Crippen molar-refractivity contribution in [3.63, 3.8) is 0 Å². The lowest BCUT2D eigenvalue weighted by atomic mass is 10.1. The summed E-state index contributed by atoms with van der Waals surface area (Å²) < 4.78 is 13.5. The Bertz CT molecular complexity index is 1000. The first-order chi connectivity index (χ1) is 13.6. The standard InChI is InChI=1S/C20H26N6O2/c1-4-26-17-13(11-22-26)16(23-12-5-7-27-8-6-12)14(10-21-17)18-24-25-19(28-18)15-9-20(15,2)3/h10-12,15H,4-9H2,1-3H3,(H,21,23). The number of pyridine rings is 1. The molecule has 2 fully saturated rings. The van der Waals surface area contributed by atoms with E-state index < -0.39 is 0 Å². The molecular formula is C20H26N6O2. The first-order valence-electron chi connectivity index (χ1n) is 10.1. The Hall–Kier alpha value is -2.48. The molecule has 1 atom stereocenters. The van der Waals surface area contributed by atoms with Gasteiger partial charge in [-0.2, -0.15) is 5.10 Å². The van der Waals surface area contributed by atoms with Crippen molar-refractivity contribution >= 4 is 16.7 Å². The Morgan fingerprint density at radius 2 is 2.00 bits per heavy atom. The SMILES string of the molecule is CCn1ncc2c(NC3CCOCC3)c(-c3nnc(C4CC4(C)C)o3)cnc21. The molecular weight excluding hydrogens is 356 g/mol. The van der Waals surface area contributed by atoms with E-state index in [0.29, 0.717) is 17.9 Å². The van der Waals surface area contributed by atoms with Crippen molar-refractivity contribution in [2.24, 2.45) is 5.41 Å². The summed E-state index contributed by atoms with van der Waals surface area (Å²) in [7, 11) is 0. The molecule has 1 N–H and O–H groups in total. The topological polar surface area (TPSA) is 90.9 Å². The van der Waals surface area contributed by atoms with Gasteiger partial charge in [0.05, 0.1) is 22.8 Å². The fraction of sp³-hybridized carbons (Fsp3) is 0.600. The molecule has 0 radical (unpaired) electrons. The number of anilines is 1. The van der Waals surface area contributed by atoms with Crippen molar-refractivity contribution in [1.29, 1.82) is 0 Å². The van der Waals surface area contributed by atoms with E-state index >= 15 is 0 Å². The number of nitrogens with zero attached hydrogens (tertiary/aromatic N) is 5. The minimum Gasteiger partial charge on any atom is -0.420 e. The van der Waals surface area contributed by atoms with E-state index in [0.717, 1.165) is 67.2 Å². The summed E-state index contributed by atoms with van der Waals surface area (Å²) in [4.78, 5) is 4.65. The average Bonchev–Trinajstić information content (AvgIpc) is 3.09. The average molecular weight is 382 g/mol. The maximum atomic E-state index is 6.09. The van der Waals surface area contributed by atoms with Gasteiger partial charge < -0.3 is 14.5 Å². The molecule has 1 aliphatic carbocycles. The van der Waals surface area contributed by atoms with E-state index in [1.165, 1.54) is 0 Å². The van der Waals surface area contributed by atoms with Crippen molar-refractivity contribution in [3.05, 3.63) is 18.3 Å². The lowest BCUT2D eigenvalue weighted by Crippen LogP contribution is -2.28. The van der Waals surface area contributed by atoms with Crippen LogP contribution >= 0.6 is 0 Å². The highest BCUT2D eigenvalue weighted by atomic mass is 16.5. The zero-order valence-electron chi connectivity index (χ0n) is 16.6. The lowest BCUT2D eigenvalue weighted by molar-refractivity contribution is 0.0905. The van der Waals surface area contributed by atoms with Crippen LogP contribution in [0, 0.1) is 5.41 Å². The Balaban J connectivity index is 1.56. The smallest absolute Gasteiger partial charge is 0.251 e. The Kier molecular flexibility index (Phi) is 4.12. The molecule has 5 rings (SSSR count). The summed E-state index contributed by atoms with van der Waals surface area (Å²) in [6, 6.07) is 0.341. The summed E-state index contributed by atoms with van der Waals surface area (Å²) in [6.45, 7) is 8.84. The molecule has 1 saturated heterocycles. The highest BCUT2D eigenvalue weighted by molar-refractivity contribution is 5.96. The molecule has 28 heavy (non-hydrogen) atoms. The molecule has 0 bridgehead atoms. The normalized spacial score (nSPS) is 21.9. The Morgan fingerprint density at radius 3 is 2.71 bits per heavy atom. The zero-order valence-corrected chi connectivity index (χ0v) is 16.6. The number of aromatic nitrogens is 5. The molecule has 2 aliphatic rings. The second-order valence-electron chi connectivity index (χ2n) is 8.47.